The highest BCUT2D eigenvalue weighted by Crippen LogP contribution is 2.23. The molecule has 1 aliphatic heterocycles. The Morgan fingerprint density at radius 1 is 1.12 bits per heavy atom. The summed E-state index contributed by atoms with van der Waals surface area (Å²) in [5, 5.41) is 2.97. The Labute approximate surface area is 148 Å². The van der Waals surface area contributed by atoms with Crippen molar-refractivity contribution in [2.75, 3.05) is 43.5 Å². The first-order valence-electron chi connectivity index (χ1n) is 8.53. The van der Waals surface area contributed by atoms with Crippen molar-refractivity contribution in [3.05, 3.63) is 48.7 Å². The van der Waals surface area contributed by atoms with Crippen molar-refractivity contribution in [3.63, 3.8) is 0 Å². The molecule has 1 atom stereocenters. The first-order chi connectivity index (χ1) is 12.2. The second kappa shape index (κ2) is 7.98. The molecule has 6 heteroatoms. The third-order valence-corrected chi connectivity index (χ3v) is 4.58. The highest BCUT2D eigenvalue weighted by atomic mass is 16.5. The van der Waals surface area contributed by atoms with E-state index in [1.807, 2.05) is 55.6 Å². The molecular formula is C19H24N4O2. The molecule has 6 nitrogen and oxygen atoms in total. The van der Waals surface area contributed by atoms with E-state index < -0.39 is 0 Å². The first-order valence-corrected chi connectivity index (χ1v) is 8.53. The lowest BCUT2D eigenvalue weighted by Crippen LogP contribution is -2.53. The van der Waals surface area contributed by atoms with Crippen LogP contribution in [0.15, 0.2) is 48.7 Å². The quantitative estimate of drug-likeness (QED) is 0.905. The Balaban J connectivity index is 1.57. The van der Waals surface area contributed by atoms with E-state index in [2.05, 4.69) is 20.1 Å². The Morgan fingerprint density at radius 3 is 2.52 bits per heavy atom. The summed E-state index contributed by atoms with van der Waals surface area (Å²) in [4.78, 5) is 21.4. The largest absolute Gasteiger partial charge is 0.495 e. The number of hydrogen-bond acceptors (Lipinski definition) is 5. The molecular weight excluding hydrogens is 316 g/mol. The van der Waals surface area contributed by atoms with E-state index in [4.69, 9.17) is 4.74 Å². The number of nitrogens with zero attached hydrogens (tertiary/aromatic N) is 3. The summed E-state index contributed by atoms with van der Waals surface area (Å²) in [5.74, 6) is 1.65. The second-order valence-electron chi connectivity index (χ2n) is 6.08. The molecule has 1 aromatic carbocycles. The number of carbonyl (C=O) groups excluding carboxylic acids is 1. The number of carbonyl (C=O) groups is 1. The van der Waals surface area contributed by atoms with Gasteiger partial charge in [-0.3, -0.25) is 9.69 Å². The van der Waals surface area contributed by atoms with E-state index in [0.717, 1.165) is 32.0 Å². The highest BCUT2D eigenvalue weighted by molar-refractivity contribution is 5.95. The van der Waals surface area contributed by atoms with Crippen molar-refractivity contribution in [1.82, 2.24) is 9.88 Å². The average molecular weight is 340 g/mol. The number of nitrogens with one attached hydrogen (secondary N) is 1. The Morgan fingerprint density at radius 2 is 1.84 bits per heavy atom. The van der Waals surface area contributed by atoms with E-state index in [9.17, 15) is 4.79 Å². The van der Waals surface area contributed by atoms with Crippen LogP contribution in [0.4, 0.5) is 11.5 Å². The van der Waals surface area contributed by atoms with Crippen LogP contribution in [0.1, 0.15) is 6.92 Å². The van der Waals surface area contributed by atoms with Gasteiger partial charge in [-0.15, -0.1) is 0 Å². The Kier molecular flexibility index (Phi) is 5.50. The molecule has 1 aromatic heterocycles. The maximum Gasteiger partial charge on any atom is 0.241 e. The minimum absolute atomic E-state index is 0.0178. The van der Waals surface area contributed by atoms with E-state index in [1.54, 1.807) is 7.11 Å². The van der Waals surface area contributed by atoms with Crippen LogP contribution in [0, 0.1) is 0 Å². The van der Waals surface area contributed by atoms with Crippen LogP contribution in [0.5, 0.6) is 5.75 Å². The number of ether oxygens (including phenoxy) is 1. The van der Waals surface area contributed by atoms with Crippen LogP contribution < -0.4 is 15.0 Å². The van der Waals surface area contributed by atoms with Gasteiger partial charge >= 0.3 is 0 Å². The molecule has 0 bridgehead atoms. The van der Waals surface area contributed by atoms with Gasteiger partial charge in [-0.2, -0.15) is 0 Å². The monoisotopic (exact) mass is 340 g/mol. The van der Waals surface area contributed by atoms with E-state index in [0.29, 0.717) is 11.4 Å². The minimum Gasteiger partial charge on any atom is -0.495 e. The number of anilines is 2. The van der Waals surface area contributed by atoms with Gasteiger partial charge in [0.15, 0.2) is 0 Å². The summed E-state index contributed by atoms with van der Waals surface area (Å²) >= 11 is 0. The predicted molar refractivity (Wildman–Crippen MR) is 99.1 cm³/mol. The number of rotatable bonds is 5. The zero-order valence-electron chi connectivity index (χ0n) is 14.7. The first kappa shape index (κ1) is 17.2. The zero-order valence-corrected chi connectivity index (χ0v) is 14.7. The maximum absolute atomic E-state index is 12.6. The fourth-order valence-corrected chi connectivity index (χ4v) is 3.03. The van der Waals surface area contributed by atoms with Crippen LogP contribution in [0.3, 0.4) is 0 Å². The number of piperazine rings is 1. The summed E-state index contributed by atoms with van der Waals surface area (Å²) < 4.78 is 5.29. The van der Waals surface area contributed by atoms with Crippen LogP contribution in [-0.2, 0) is 4.79 Å². The molecule has 1 amide bonds. The molecule has 2 heterocycles. The minimum atomic E-state index is -0.198. The van der Waals surface area contributed by atoms with Gasteiger partial charge in [0.05, 0.1) is 18.8 Å². The molecule has 25 heavy (non-hydrogen) atoms. The molecule has 1 aliphatic rings. The number of amides is 1. The molecule has 132 valence electrons. The van der Waals surface area contributed by atoms with E-state index in [1.165, 1.54) is 0 Å². The third-order valence-electron chi connectivity index (χ3n) is 4.58. The van der Waals surface area contributed by atoms with Gasteiger partial charge in [0.25, 0.3) is 0 Å². The predicted octanol–water partition coefficient (Wildman–Crippen LogP) is 2.24. The highest BCUT2D eigenvalue weighted by Gasteiger charge is 2.26. The van der Waals surface area contributed by atoms with Gasteiger partial charge in [-0.05, 0) is 31.2 Å². The normalized spacial score (nSPS) is 16.3. The molecule has 0 spiro atoms. The Bertz CT molecular complexity index is 700. The molecule has 0 unspecified atom stereocenters. The molecule has 2 aromatic rings. The zero-order chi connectivity index (χ0) is 17.6. The number of pyridine rings is 1. The second-order valence-corrected chi connectivity index (χ2v) is 6.08. The van der Waals surface area contributed by atoms with Gasteiger partial charge in [0.1, 0.15) is 11.6 Å². The lowest BCUT2D eigenvalue weighted by atomic mass is 10.2. The molecule has 0 radical (unpaired) electrons. The number of para-hydroxylation sites is 2. The van der Waals surface area contributed by atoms with Crippen molar-refractivity contribution < 1.29 is 9.53 Å². The van der Waals surface area contributed by atoms with Crippen LogP contribution in [-0.4, -0.2) is 55.1 Å². The van der Waals surface area contributed by atoms with Gasteiger partial charge in [-0.25, -0.2) is 4.98 Å². The summed E-state index contributed by atoms with van der Waals surface area (Å²) in [5.41, 5.74) is 0.703. The van der Waals surface area contributed by atoms with Gasteiger partial charge in [0, 0.05) is 32.4 Å². The molecule has 0 saturated carbocycles. The topological polar surface area (TPSA) is 57.7 Å². The lowest BCUT2D eigenvalue weighted by Gasteiger charge is -2.38. The number of aromatic nitrogens is 1. The molecule has 3 rings (SSSR count). The van der Waals surface area contributed by atoms with Crippen molar-refractivity contribution >= 4 is 17.4 Å². The van der Waals surface area contributed by atoms with Crippen molar-refractivity contribution in [1.29, 1.82) is 0 Å². The smallest absolute Gasteiger partial charge is 0.241 e. The van der Waals surface area contributed by atoms with Crippen LogP contribution in [0.2, 0.25) is 0 Å². The Hall–Kier alpha value is -2.60. The van der Waals surface area contributed by atoms with Gasteiger partial charge in [-0.1, -0.05) is 18.2 Å². The lowest BCUT2D eigenvalue weighted by molar-refractivity contribution is -0.120. The standard InChI is InChI=1S/C19H24N4O2/c1-15(19(24)21-16-7-3-4-8-17(16)25-2)22-11-13-23(14-12-22)18-9-5-6-10-20-18/h3-10,15H,11-14H2,1-2H3,(H,21,24)/t15-/m0/s1. The van der Waals surface area contributed by atoms with Gasteiger partial charge < -0.3 is 15.0 Å². The van der Waals surface area contributed by atoms with Crippen LogP contribution >= 0.6 is 0 Å². The molecule has 1 N–H and O–H groups in total. The number of hydrogen-bond donors (Lipinski definition) is 1. The summed E-state index contributed by atoms with van der Waals surface area (Å²) in [6.45, 7) is 5.34. The maximum atomic E-state index is 12.6. The fraction of sp³-hybridized carbons (Fsp3) is 0.368. The molecule has 1 saturated heterocycles. The summed E-state index contributed by atoms with van der Waals surface area (Å²) in [6.07, 6.45) is 1.81. The average Bonchev–Trinajstić information content (AvgIpc) is 2.68. The van der Waals surface area contributed by atoms with Crippen molar-refractivity contribution in [2.24, 2.45) is 0 Å². The van der Waals surface area contributed by atoms with Crippen molar-refractivity contribution in [2.45, 2.75) is 13.0 Å². The SMILES string of the molecule is COc1ccccc1NC(=O)[C@H](C)N1CCN(c2ccccn2)CC1. The summed E-state index contributed by atoms with van der Waals surface area (Å²) in [6, 6.07) is 13.2. The number of methoxy groups -OCH3 is 1. The number of benzene rings is 1. The molecule has 1 fully saturated rings. The summed E-state index contributed by atoms with van der Waals surface area (Å²) in [7, 11) is 1.60. The van der Waals surface area contributed by atoms with E-state index >= 15 is 0 Å². The van der Waals surface area contributed by atoms with Gasteiger partial charge in [0.2, 0.25) is 5.91 Å². The van der Waals surface area contributed by atoms with Crippen molar-refractivity contribution in [3.8, 4) is 5.75 Å². The van der Waals surface area contributed by atoms with Crippen LogP contribution in [0.25, 0.3) is 0 Å². The molecule has 0 aliphatic carbocycles. The third kappa shape index (κ3) is 4.09. The fourth-order valence-electron chi connectivity index (χ4n) is 3.03. The van der Waals surface area contributed by atoms with E-state index in [-0.39, 0.29) is 11.9 Å².